The third kappa shape index (κ3) is 3.45. The third-order valence-electron chi connectivity index (χ3n) is 2.05. The summed E-state index contributed by atoms with van der Waals surface area (Å²) in [4.78, 5) is 13.5. The fourth-order valence-electron chi connectivity index (χ4n) is 1.18. The molecule has 0 fully saturated rings. The lowest BCUT2D eigenvalue weighted by Crippen LogP contribution is -2.06. The van der Waals surface area contributed by atoms with Gasteiger partial charge in [0.25, 0.3) is 0 Å². The molecule has 0 saturated carbocycles. The topological polar surface area (TPSA) is 32.9 Å². The average Bonchev–Trinajstić information content (AvgIpc) is 2.47. The van der Waals surface area contributed by atoms with Gasteiger partial charge in [0, 0.05) is 17.5 Å². The van der Waals surface area contributed by atoms with Gasteiger partial charge in [-0.15, -0.1) is 0 Å². The maximum Gasteiger partial charge on any atom is 0.151 e. The molecule has 0 radical (unpaired) electrons. The van der Waals surface area contributed by atoms with Gasteiger partial charge in [-0.05, 0) is 24.3 Å². The lowest BCUT2D eigenvalue weighted by Gasteiger charge is -2.16. The molecule has 0 saturated heterocycles. The van der Waals surface area contributed by atoms with Crippen molar-refractivity contribution < 1.29 is 4.79 Å². The van der Waals surface area contributed by atoms with E-state index in [1.54, 1.807) is 6.20 Å². The SMILES string of the molecule is CC(C)(C)CCc1cc(C=O)c[nH]1. The first-order valence-electron chi connectivity index (χ1n) is 4.64. The Labute approximate surface area is 79.4 Å². The summed E-state index contributed by atoms with van der Waals surface area (Å²) in [5.74, 6) is 0. The first-order chi connectivity index (χ1) is 6.01. The molecule has 72 valence electrons. The van der Waals surface area contributed by atoms with Crippen molar-refractivity contribution in [2.45, 2.75) is 33.6 Å². The van der Waals surface area contributed by atoms with E-state index in [9.17, 15) is 4.79 Å². The summed E-state index contributed by atoms with van der Waals surface area (Å²) in [5.41, 5.74) is 2.24. The quantitative estimate of drug-likeness (QED) is 0.711. The van der Waals surface area contributed by atoms with Crippen molar-refractivity contribution in [1.29, 1.82) is 0 Å². The number of hydrogen-bond acceptors (Lipinski definition) is 1. The van der Waals surface area contributed by atoms with Gasteiger partial charge in [-0.2, -0.15) is 0 Å². The zero-order valence-electron chi connectivity index (χ0n) is 8.55. The molecule has 0 unspecified atom stereocenters. The van der Waals surface area contributed by atoms with Crippen LogP contribution in [0.4, 0.5) is 0 Å². The lowest BCUT2D eigenvalue weighted by atomic mass is 9.90. The van der Waals surface area contributed by atoms with E-state index in [-0.39, 0.29) is 0 Å². The second-order valence-electron chi connectivity index (χ2n) is 4.64. The molecule has 1 heterocycles. The van der Waals surface area contributed by atoms with Gasteiger partial charge in [0.05, 0.1) is 0 Å². The molecule has 0 spiro atoms. The fourth-order valence-corrected chi connectivity index (χ4v) is 1.18. The third-order valence-corrected chi connectivity index (χ3v) is 2.05. The molecule has 0 atom stereocenters. The van der Waals surface area contributed by atoms with Crippen LogP contribution in [0.25, 0.3) is 0 Å². The van der Waals surface area contributed by atoms with Crippen LogP contribution in [0.2, 0.25) is 0 Å². The molecule has 0 aliphatic rings. The van der Waals surface area contributed by atoms with Gasteiger partial charge in [-0.25, -0.2) is 0 Å². The van der Waals surface area contributed by atoms with E-state index in [0.29, 0.717) is 5.41 Å². The maximum atomic E-state index is 10.4. The average molecular weight is 179 g/mol. The van der Waals surface area contributed by atoms with Gasteiger partial charge < -0.3 is 4.98 Å². The first kappa shape index (κ1) is 10.0. The molecule has 1 rings (SSSR count). The van der Waals surface area contributed by atoms with Crippen molar-refractivity contribution in [2.24, 2.45) is 5.41 Å². The van der Waals surface area contributed by atoms with E-state index in [4.69, 9.17) is 0 Å². The molecular formula is C11H17NO. The Kier molecular flexibility index (Phi) is 2.91. The van der Waals surface area contributed by atoms with Crippen LogP contribution in [0.1, 0.15) is 43.2 Å². The van der Waals surface area contributed by atoms with Crippen LogP contribution < -0.4 is 0 Å². The summed E-state index contributed by atoms with van der Waals surface area (Å²) in [5, 5.41) is 0. The number of carbonyl (C=O) groups excluding carboxylic acids is 1. The standard InChI is InChI=1S/C11H17NO/c1-11(2,3)5-4-10-6-9(8-13)7-12-10/h6-8,12H,4-5H2,1-3H3. The maximum absolute atomic E-state index is 10.4. The van der Waals surface area contributed by atoms with Gasteiger partial charge in [0.2, 0.25) is 0 Å². The number of carbonyl (C=O) groups is 1. The summed E-state index contributed by atoms with van der Waals surface area (Å²) >= 11 is 0. The van der Waals surface area contributed by atoms with Crippen molar-refractivity contribution in [1.82, 2.24) is 4.98 Å². The fraction of sp³-hybridized carbons (Fsp3) is 0.545. The Morgan fingerprint density at radius 2 is 2.15 bits per heavy atom. The van der Waals surface area contributed by atoms with Crippen molar-refractivity contribution in [3.63, 3.8) is 0 Å². The first-order valence-corrected chi connectivity index (χ1v) is 4.64. The molecule has 2 nitrogen and oxygen atoms in total. The van der Waals surface area contributed by atoms with Gasteiger partial charge in [0.1, 0.15) is 0 Å². The summed E-state index contributed by atoms with van der Waals surface area (Å²) in [6, 6.07) is 1.92. The van der Waals surface area contributed by atoms with Crippen molar-refractivity contribution >= 4 is 6.29 Å². The zero-order chi connectivity index (χ0) is 9.90. The predicted molar refractivity (Wildman–Crippen MR) is 54.0 cm³/mol. The van der Waals surface area contributed by atoms with Crippen molar-refractivity contribution in [2.75, 3.05) is 0 Å². The van der Waals surface area contributed by atoms with Crippen LogP contribution in [0, 0.1) is 5.41 Å². The Morgan fingerprint density at radius 3 is 2.62 bits per heavy atom. The molecule has 2 heteroatoms. The van der Waals surface area contributed by atoms with Crippen LogP contribution in [-0.4, -0.2) is 11.3 Å². The Bertz CT molecular complexity index is 281. The number of rotatable bonds is 3. The van der Waals surface area contributed by atoms with Crippen LogP contribution in [-0.2, 0) is 6.42 Å². The highest BCUT2D eigenvalue weighted by molar-refractivity contribution is 5.74. The summed E-state index contributed by atoms with van der Waals surface area (Å²) in [6.45, 7) is 6.66. The molecule has 13 heavy (non-hydrogen) atoms. The highest BCUT2D eigenvalue weighted by Gasteiger charge is 2.10. The van der Waals surface area contributed by atoms with Crippen LogP contribution in [0.3, 0.4) is 0 Å². The molecule has 1 N–H and O–H groups in total. The molecule has 1 aromatic heterocycles. The summed E-state index contributed by atoms with van der Waals surface area (Å²) in [6.07, 6.45) is 4.77. The van der Waals surface area contributed by atoms with E-state index in [1.807, 2.05) is 6.07 Å². The van der Waals surface area contributed by atoms with Gasteiger partial charge in [-0.3, -0.25) is 4.79 Å². The molecule has 0 aliphatic carbocycles. The van der Waals surface area contributed by atoms with E-state index < -0.39 is 0 Å². The van der Waals surface area contributed by atoms with Gasteiger partial charge >= 0.3 is 0 Å². The Balaban J connectivity index is 2.50. The van der Waals surface area contributed by atoms with Crippen LogP contribution in [0.5, 0.6) is 0 Å². The van der Waals surface area contributed by atoms with Gasteiger partial charge in [0.15, 0.2) is 6.29 Å². The van der Waals surface area contributed by atoms with Crippen LogP contribution >= 0.6 is 0 Å². The monoisotopic (exact) mass is 179 g/mol. The number of aromatic amines is 1. The summed E-state index contributed by atoms with van der Waals surface area (Å²) in [7, 11) is 0. The highest BCUT2D eigenvalue weighted by Crippen LogP contribution is 2.20. The highest BCUT2D eigenvalue weighted by atomic mass is 16.1. The molecule has 0 bridgehead atoms. The number of H-pyrrole nitrogens is 1. The molecule has 0 aliphatic heterocycles. The second kappa shape index (κ2) is 3.77. The summed E-state index contributed by atoms with van der Waals surface area (Å²) < 4.78 is 0. The van der Waals surface area contributed by atoms with E-state index >= 15 is 0 Å². The number of aromatic nitrogens is 1. The minimum absolute atomic E-state index is 0.354. The number of nitrogens with one attached hydrogen (secondary N) is 1. The number of hydrogen-bond donors (Lipinski definition) is 1. The van der Waals surface area contributed by atoms with E-state index in [2.05, 4.69) is 25.8 Å². The number of aldehydes is 1. The largest absolute Gasteiger partial charge is 0.364 e. The lowest BCUT2D eigenvalue weighted by molar-refractivity contribution is 0.112. The number of aryl methyl sites for hydroxylation is 1. The molecule has 0 amide bonds. The molecular weight excluding hydrogens is 162 g/mol. The van der Waals surface area contributed by atoms with Gasteiger partial charge in [-0.1, -0.05) is 20.8 Å². The predicted octanol–water partition coefficient (Wildman–Crippen LogP) is 2.81. The zero-order valence-corrected chi connectivity index (χ0v) is 8.55. The normalized spacial score (nSPS) is 11.6. The minimum Gasteiger partial charge on any atom is -0.364 e. The van der Waals surface area contributed by atoms with E-state index in [1.165, 1.54) is 0 Å². The molecule has 1 aromatic rings. The van der Waals surface area contributed by atoms with Crippen LogP contribution in [0.15, 0.2) is 12.3 Å². The van der Waals surface area contributed by atoms with Crippen molar-refractivity contribution in [3.05, 3.63) is 23.5 Å². The molecule has 0 aromatic carbocycles. The van der Waals surface area contributed by atoms with E-state index in [0.717, 1.165) is 30.4 Å². The second-order valence-corrected chi connectivity index (χ2v) is 4.64. The Morgan fingerprint density at radius 1 is 1.46 bits per heavy atom. The minimum atomic E-state index is 0.354. The smallest absolute Gasteiger partial charge is 0.151 e. The van der Waals surface area contributed by atoms with Crippen molar-refractivity contribution in [3.8, 4) is 0 Å². The Hall–Kier alpha value is -1.05.